The number of halogens is 1. The lowest BCUT2D eigenvalue weighted by Crippen LogP contribution is -2.13. The molecule has 0 saturated carbocycles. The van der Waals surface area contributed by atoms with Crippen molar-refractivity contribution >= 4 is 33.6 Å². The highest BCUT2D eigenvalue weighted by Gasteiger charge is 2.15. The third kappa shape index (κ3) is 5.10. The fourth-order valence-electron chi connectivity index (χ4n) is 3.09. The van der Waals surface area contributed by atoms with Crippen LogP contribution in [0.2, 0.25) is 0 Å². The fraction of sp³-hybridized carbons (Fsp3) is 0.120. The molecule has 3 aromatic rings. The zero-order valence-corrected chi connectivity index (χ0v) is 18.8. The Kier molecular flexibility index (Phi) is 6.43. The van der Waals surface area contributed by atoms with Crippen LogP contribution in [-0.4, -0.2) is 12.7 Å². The van der Waals surface area contributed by atoms with E-state index in [1.807, 2.05) is 49.4 Å². The molecular formula is C25H19BrN2O4. The largest absolute Gasteiger partial charge is 0.488 e. The summed E-state index contributed by atoms with van der Waals surface area (Å²) in [7, 11) is 0. The number of aryl methyl sites for hydroxylation is 1. The Morgan fingerprint density at radius 3 is 2.69 bits per heavy atom. The minimum atomic E-state index is -0.488. The Bertz CT molecular complexity index is 1230. The number of hydrogen-bond acceptors (Lipinski definition) is 5. The number of anilines is 1. The van der Waals surface area contributed by atoms with Gasteiger partial charge in [-0.15, -0.1) is 0 Å². The van der Waals surface area contributed by atoms with E-state index in [1.54, 1.807) is 24.3 Å². The molecule has 4 rings (SSSR count). The zero-order valence-electron chi connectivity index (χ0n) is 17.2. The summed E-state index contributed by atoms with van der Waals surface area (Å²) in [5.74, 6) is 1.45. The number of nitrogens with one attached hydrogen (secondary N) is 1. The van der Waals surface area contributed by atoms with Crippen molar-refractivity contribution in [1.82, 2.24) is 0 Å². The van der Waals surface area contributed by atoms with Crippen LogP contribution < -0.4 is 19.5 Å². The molecule has 0 radical (unpaired) electrons. The number of carbonyl (C=O) groups is 1. The molecule has 6 nitrogen and oxygen atoms in total. The van der Waals surface area contributed by atoms with Crippen LogP contribution in [0, 0.1) is 18.3 Å². The molecule has 1 aliphatic rings. The molecule has 3 aromatic carbocycles. The second-order valence-electron chi connectivity index (χ2n) is 7.15. The van der Waals surface area contributed by atoms with Crippen LogP contribution in [0.15, 0.2) is 70.7 Å². The molecule has 7 heteroatoms. The first kappa shape index (κ1) is 21.5. The van der Waals surface area contributed by atoms with Crippen molar-refractivity contribution in [3.8, 4) is 23.3 Å². The quantitative estimate of drug-likeness (QED) is 0.358. The van der Waals surface area contributed by atoms with Gasteiger partial charge in [0.05, 0.1) is 0 Å². The van der Waals surface area contributed by atoms with Crippen LogP contribution in [0.4, 0.5) is 5.69 Å². The van der Waals surface area contributed by atoms with Crippen molar-refractivity contribution in [3.63, 3.8) is 0 Å². The molecule has 0 aliphatic carbocycles. The number of fused-ring (bicyclic) bond motifs is 1. The van der Waals surface area contributed by atoms with Crippen LogP contribution in [0.1, 0.15) is 16.7 Å². The van der Waals surface area contributed by atoms with Crippen molar-refractivity contribution in [2.75, 3.05) is 12.1 Å². The van der Waals surface area contributed by atoms with E-state index < -0.39 is 5.91 Å². The molecular weight excluding hydrogens is 472 g/mol. The SMILES string of the molecule is Cc1ccc(NC(=O)/C(C#N)=C\c2cc(Br)ccc2OCc2ccc3c(c2)OCO3)cc1. The van der Waals surface area contributed by atoms with E-state index in [-0.39, 0.29) is 19.0 Å². The highest BCUT2D eigenvalue weighted by atomic mass is 79.9. The number of nitrogens with zero attached hydrogens (tertiary/aromatic N) is 1. The second-order valence-corrected chi connectivity index (χ2v) is 8.06. The zero-order chi connectivity index (χ0) is 22.5. The fourth-order valence-corrected chi connectivity index (χ4v) is 3.47. The molecule has 32 heavy (non-hydrogen) atoms. The van der Waals surface area contributed by atoms with E-state index in [4.69, 9.17) is 14.2 Å². The average Bonchev–Trinajstić information content (AvgIpc) is 3.26. The van der Waals surface area contributed by atoms with Gasteiger partial charge in [-0.05, 0) is 61.0 Å². The van der Waals surface area contributed by atoms with E-state index in [0.717, 1.165) is 15.6 Å². The maximum atomic E-state index is 12.6. The van der Waals surface area contributed by atoms with Crippen LogP contribution in [0.3, 0.4) is 0 Å². The maximum Gasteiger partial charge on any atom is 0.266 e. The Balaban J connectivity index is 1.53. The molecule has 1 N–H and O–H groups in total. The minimum absolute atomic E-state index is 0.0309. The minimum Gasteiger partial charge on any atom is -0.488 e. The van der Waals surface area contributed by atoms with Crippen molar-refractivity contribution in [2.24, 2.45) is 0 Å². The van der Waals surface area contributed by atoms with Gasteiger partial charge in [0.25, 0.3) is 5.91 Å². The Hall–Kier alpha value is -3.76. The molecule has 0 aromatic heterocycles. The summed E-state index contributed by atoms with van der Waals surface area (Å²) in [6.07, 6.45) is 1.52. The summed E-state index contributed by atoms with van der Waals surface area (Å²) < 4.78 is 17.5. The number of hydrogen-bond donors (Lipinski definition) is 1. The number of benzene rings is 3. The summed E-state index contributed by atoms with van der Waals surface area (Å²) in [6.45, 7) is 2.46. The van der Waals surface area contributed by atoms with Gasteiger partial charge in [0.2, 0.25) is 6.79 Å². The first-order valence-electron chi connectivity index (χ1n) is 9.82. The van der Waals surface area contributed by atoms with Gasteiger partial charge in [-0.25, -0.2) is 0 Å². The lowest BCUT2D eigenvalue weighted by Gasteiger charge is -2.11. The van der Waals surface area contributed by atoms with Gasteiger partial charge in [-0.1, -0.05) is 39.7 Å². The molecule has 160 valence electrons. The third-order valence-corrected chi connectivity index (χ3v) is 5.27. The molecule has 0 fully saturated rings. The molecule has 0 unspecified atom stereocenters. The highest BCUT2D eigenvalue weighted by Crippen LogP contribution is 2.33. The van der Waals surface area contributed by atoms with Gasteiger partial charge in [0.1, 0.15) is 24.0 Å². The average molecular weight is 491 g/mol. The first-order valence-corrected chi connectivity index (χ1v) is 10.6. The summed E-state index contributed by atoms with van der Waals surface area (Å²) >= 11 is 3.44. The van der Waals surface area contributed by atoms with E-state index in [0.29, 0.717) is 28.5 Å². The normalized spacial score (nSPS) is 12.2. The van der Waals surface area contributed by atoms with Gasteiger partial charge < -0.3 is 19.5 Å². The molecule has 1 heterocycles. The predicted molar refractivity (Wildman–Crippen MR) is 124 cm³/mol. The van der Waals surface area contributed by atoms with Crippen LogP contribution in [0.5, 0.6) is 17.2 Å². The Morgan fingerprint density at radius 1 is 1.12 bits per heavy atom. The number of nitriles is 1. The molecule has 0 bridgehead atoms. The lowest BCUT2D eigenvalue weighted by molar-refractivity contribution is -0.112. The number of amides is 1. The maximum absolute atomic E-state index is 12.6. The van der Waals surface area contributed by atoms with Gasteiger partial charge in [-0.2, -0.15) is 5.26 Å². The topological polar surface area (TPSA) is 80.6 Å². The summed E-state index contributed by atoms with van der Waals surface area (Å²) in [5, 5.41) is 12.3. The molecule has 0 atom stereocenters. The summed E-state index contributed by atoms with van der Waals surface area (Å²) in [4.78, 5) is 12.6. The van der Waals surface area contributed by atoms with Gasteiger partial charge in [0, 0.05) is 15.7 Å². The summed E-state index contributed by atoms with van der Waals surface area (Å²) in [5.41, 5.74) is 3.18. The highest BCUT2D eigenvalue weighted by molar-refractivity contribution is 9.10. The predicted octanol–water partition coefficient (Wildman–Crippen LogP) is 5.61. The molecule has 0 saturated heterocycles. The monoisotopic (exact) mass is 490 g/mol. The third-order valence-electron chi connectivity index (χ3n) is 4.78. The van der Waals surface area contributed by atoms with Crippen molar-refractivity contribution in [2.45, 2.75) is 13.5 Å². The Morgan fingerprint density at radius 2 is 1.91 bits per heavy atom. The smallest absolute Gasteiger partial charge is 0.266 e. The Labute approximate surface area is 194 Å². The lowest BCUT2D eigenvalue weighted by atomic mass is 10.1. The van der Waals surface area contributed by atoms with Gasteiger partial charge >= 0.3 is 0 Å². The standard InChI is InChI=1S/C25H19BrN2O4/c1-16-2-6-21(7-3-16)28-25(29)19(13-27)11-18-12-20(26)5-9-22(18)30-14-17-4-8-23-24(10-17)32-15-31-23/h2-12H,14-15H2,1H3,(H,28,29)/b19-11-. The number of carbonyl (C=O) groups excluding carboxylic acids is 1. The van der Waals surface area contributed by atoms with Crippen LogP contribution in [-0.2, 0) is 11.4 Å². The van der Waals surface area contributed by atoms with Crippen molar-refractivity contribution in [3.05, 3.63) is 87.4 Å². The number of ether oxygens (including phenoxy) is 3. The van der Waals surface area contributed by atoms with E-state index in [2.05, 4.69) is 21.2 Å². The van der Waals surface area contributed by atoms with Crippen molar-refractivity contribution < 1.29 is 19.0 Å². The van der Waals surface area contributed by atoms with Crippen molar-refractivity contribution in [1.29, 1.82) is 5.26 Å². The van der Waals surface area contributed by atoms with Crippen LogP contribution in [0.25, 0.3) is 6.08 Å². The molecule has 0 spiro atoms. The van der Waals surface area contributed by atoms with Gasteiger partial charge in [0.15, 0.2) is 11.5 Å². The first-order chi connectivity index (χ1) is 15.5. The number of rotatable bonds is 6. The van der Waals surface area contributed by atoms with Gasteiger partial charge in [-0.3, -0.25) is 4.79 Å². The summed E-state index contributed by atoms with van der Waals surface area (Å²) in [6, 6.07) is 20.4. The van der Waals surface area contributed by atoms with E-state index in [9.17, 15) is 10.1 Å². The molecule has 1 amide bonds. The van der Waals surface area contributed by atoms with E-state index >= 15 is 0 Å². The van der Waals surface area contributed by atoms with Crippen LogP contribution >= 0.6 is 15.9 Å². The second kappa shape index (κ2) is 9.58. The molecule has 1 aliphatic heterocycles. The van der Waals surface area contributed by atoms with E-state index in [1.165, 1.54) is 6.08 Å².